The van der Waals surface area contributed by atoms with Crippen molar-refractivity contribution in [3.8, 4) is 0 Å². The molecule has 94 valence electrons. The fraction of sp³-hybridized carbons (Fsp3) is 0.214. The van der Waals surface area contributed by atoms with Crippen LogP contribution in [0.3, 0.4) is 0 Å². The lowest BCUT2D eigenvalue weighted by atomic mass is 9.99. The lowest BCUT2D eigenvalue weighted by molar-refractivity contribution is 0.100. The van der Waals surface area contributed by atoms with Crippen LogP contribution in [-0.4, -0.2) is 13.0 Å². The molecule has 18 heavy (non-hydrogen) atoms. The van der Waals surface area contributed by atoms with E-state index >= 15 is 0 Å². The summed E-state index contributed by atoms with van der Waals surface area (Å²) in [6.45, 7) is 2.13. The van der Waals surface area contributed by atoms with Gasteiger partial charge in [-0.3, -0.25) is 4.79 Å². The summed E-state index contributed by atoms with van der Waals surface area (Å²) in [5.41, 5.74) is 7.17. The normalized spacial score (nSPS) is 12.1. The fourth-order valence-electron chi connectivity index (χ4n) is 1.90. The maximum Gasteiger partial charge on any atom is 0.251 e. The van der Waals surface area contributed by atoms with Crippen molar-refractivity contribution in [1.82, 2.24) is 0 Å². The number of thiophene rings is 1. The highest BCUT2D eigenvalue weighted by atomic mass is 32.1. The Balaban J connectivity index is 2.37. The van der Waals surface area contributed by atoms with Gasteiger partial charge in [0.25, 0.3) is 5.91 Å². The zero-order valence-corrected chi connectivity index (χ0v) is 11.3. The van der Waals surface area contributed by atoms with Crippen molar-refractivity contribution in [2.45, 2.75) is 12.8 Å². The standard InChI is InChI=1S/C14H16N2OS/c1-9(10-6-4-3-5-7-10)12-8-11(13(15)17)14(16-2)18-12/h3-9,16H,1-2H3,(H2,15,17). The molecule has 4 heteroatoms. The summed E-state index contributed by atoms with van der Waals surface area (Å²) in [5, 5.41) is 3.85. The van der Waals surface area contributed by atoms with Crippen LogP contribution in [0.2, 0.25) is 0 Å². The highest BCUT2D eigenvalue weighted by molar-refractivity contribution is 7.16. The number of rotatable bonds is 4. The van der Waals surface area contributed by atoms with E-state index < -0.39 is 0 Å². The second-order valence-corrected chi connectivity index (χ2v) is 5.22. The molecule has 0 aliphatic rings. The number of nitrogens with one attached hydrogen (secondary N) is 1. The number of primary amides is 1. The molecule has 0 aliphatic carbocycles. The number of carbonyl (C=O) groups is 1. The van der Waals surface area contributed by atoms with Gasteiger partial charge in [0, 0.05) is 17.8 Å². The number of benzene rings is 1. The molecule has 0 bridgehead atoms. The van der Waals surface area contributed by atoms with Crippen molar-refractivity contribution >= 4 is 22.2 Å². The van der Waals surface area contributed by atoms with Gasteiger partial charge in [-0.2, -0.15) is 0 Å². The summed E-state index contributed by atoms with van der Waals surface area (Å²) in [6.07, 6.45) is 0. The Kier molecular flexibility index (Phi) is 3.67. The molecular weight excluding hydrogens is 244 g/mol. The number of carbonyl (C=O) groups excluding carboxylic acids is 1. The van der Waals surface area contributed by atoms with Gasteiger partial charge in [0.2, 0.25) is 0 Å². The quantitative estimate of drug-likeness (QED) is 0.887. The summed E-state index contributed by atoms with van der Waals surface area (Å²) in [5.74, 6) is -0.126. The monoisotopic (exact) mass is 260 g/mol. The number of hydrogen-bond acceptors (Lipinski definition) is 3. The third-order valence-corrected chi connectivity index (χ3v) is 4.31. The summed E-state index contributed by atoms with van der Waals surface area (Å²) in [4.78, 5) is 12.5. The van der Waals surface area contributed by atoms with Crippen LogP contribution < -0.4 is 11.1 Å². The summed E-state index contributed by atoms with van der Waals surface area (Å²) in [7, 11) is 1.80. The van der Waals surface area contributed by atoms with E-state index in [-0.39, 0.29) is 11.8 Å². The van der Waals surface area contributed by atoms with Crippen LogP contribution in [0.15, 0.2) is 36.4 Å². The first-order chi connectivity index (χ1) is 8.63. The molecule has 1 aromatic carbocycles. The van der Waals surface area contributed by atoms with E-state index in [4.69, 9.17) is 5.73 Å². The Morgan fingerprint density at radius 3 is 2.50 bits per heavy atom. The molecule has 0 spiro atoms. The van der Waals surface area contributed by atoms with Crippen molar-refractivity contribution in [3.05, 3.63) is 52.4 Å². The van der Waals surface area contributed by atoms with E-state index in [1.807, 2.05) is 24.3 Å². The van der Waals surface area contributed by atoms with Crippen LogP contribution in [0.1, 0.15) is 33.6 Å². The second kappa shape index (κ2) is 5.23. The fourth-order valence-corrected chi connectivity index (χ4v) is 3.00. The first-order valence-electron chi connectivity index (χ1n) is 5.79. The van der Waals surface area contributed by atoms with Gasteiger partial charge in [0.15, 0.2) is 0 Å². The van der Waals surface area contributed by atoms with Gasteiger partial charge < -0.3 is 11.1 Å². The molecule has 3 nitrogen and oxygen atoms in total. The third-order valence-electron chi connectivity index (χ3n) is 2.97. The van der Waals surface area contributed by atoms with E-state index in [9.17, 15) is 4.79 Å². The van der Waals surface area contributed by atoms with E-state index in [0.717, 1.165) is 9.88 Å². The van der Waals surface area contributed by atoms with E-state index in [2.05, 4.69) is 24.4 Å². The van der Waals surface area contributed by atoms with Crippen molar-refractivity contribution in [2.24, 2.45) is 5.73 Å². The smallest absolute Gasteiger partial charge is 0.251 e. The lowest BCUT2D eigenvalue weighted by Gasteiger charge is -2.08. The number of amides is 1. The zero-order chi connectivity index (χ0) is 13.1. The van der Waals surface area contributed by atoms with Gasteiger partial charge in [-0.25, -0.2) is 0 Å². The van der Waals surface area contributed by atoms with Gasteiger partial charge in [-0.1, -0.05) is 37.3 Å². The summed E-state index contributed by atoms with van der Waals surface area (Å²) < 4.78 is 0. The van der Waals surface area contributed by atoms with Crippen LogP contribution in [0, 0.1) is 0 Å². The topological polar surface area (TPSA) is 55.1 Å². The maximum atomic E-state index is 11.3. The Labute approximate surface area is 111 Å². The highest BCUT2D eigenvalue weighted by Crippen LogP contribution is 2.35. The van der Waals surface area contributed by atoms with Gasteiger partial charge in [-0.05, 0) is 11.6 Å². The molecule has 0 fully saturated rings. The van der Waals surface area contributed by atoms with Crippen LogP contribution >= 0.6 is 11.3 Å². The molecule has 2 rings (SSSR count). The second-order valence-electron chi connectivity index (χ2n) is 4.14. The van der Waals surface area contributed by atoms with E-state index in [1.165, 1.54) is 5.56 Å². The van der Waals surface area contributed by atoms with E-state index in [0.29, 0.717) is 5.56 Å². The van der Waals surface area contributed by atoms with Crippen molar-refractivity contribution in [3.63, 3.8) is 0 Å². The maximum absolute atomic E-state index is 11.3. The predicted octanol–water partition coefficient (Wildman–Crippen LogP) is 3.04. The Morgan fingerprint density at radius 2 is 2.00 bits per heavy atom. The van der Waals surface area contributed by atoms with Crippen LogP contribution in [0.25, 0.3) is 0 Å². The van der Waals surface area contributed by atoms with E-state index in [1.54, 1.807) is 18.4 Å². The first-order valence-corrected chi connectivity index (χ1v) is 6.61. The highest BCUT2D eigenvalue weighted by Gasteiger charge is 2.17. The van der Waals surface area contributed by atoms with Gasteiger partial charge >= 0.3 is 0 Å². The minimum atomic E-state index is -0.387. The molecule has 1 heterocycles. The van der Waals surface area contributed by atoms with Crippen LogP contribution in [-0.2, 0) is 0 Å². The van der Waals surface area contributed by atoms with Crippen molar-refractivity contribution in [1.29, 1.82) is 0 Å². The third kappa shape index (κ3) is 2.38. The lowest BCUT2D eigenvalue weighted by Crippen LogP contribution is -2.11. The first kappa shape index (κ1) is 12.6. The molecule has 0 saturated carbocycles. The number of anilines is 1. The zero-order valence-electron chi connectivity index (χ0n) is 10.4. The van der Waals surface area contributed by atoms with Gasteiger partial charge in [0.1, 0.15) is 5.00 Å². The minimum absolute atomic E-state index is 0.261. The molecule has 0 aliphatic heterocycles. The molecule has 1 atom stereocenters. The molecule has 1 unspecified atom stereocenters. The minimum Gasteiger partial charge on any atom is -0.379 e. The van der Waals surface area contributed by atoms with Crippen LogP contribution in [0.4, 0.5) is 5.00 Å². The molecule has 0 radical (unpaired) electrons. The SMILES string of the molecule is CNc1sc(C(C)c2ccccc2)cc1C(N)=O. The average Bonchev–Trinajstić information content (AvgIpc) is 2.83. The summed E-state index contributed by atoms with van der Waals surface area (Å²) in [6, 6.07) is 12.1. The van der Waals surface area contributed by atoms with Gasteiger partial charge in [0.05, 0.1) is 5.56 Å². The summed E-state index contributed by atoms with van der Waals surface area (Å²) >= 11 is 1.58. The van der Waals surface area contributed by atoms with Crippen molar-refractivity contribution in [2.75, 3.05) is 12.4 Å². The molecule has 3 N–H and O–H groups in total. The number of hydrogen-bond donors (Lipinski definition) is 2. The Hall–Kier alpha value is -1.81. The van der Waals surface area contributed by atoms with Gasteiger partial charge in [-0.15, -0.1) is 11.3 Å². The molecule has 1 amide bonds. The molecular formula is C14H16N2OS. The molecule has 0 saturated heterocycles. The molecule has 2 aromatic rings. The predicted molar refractivity (Wildman–Crippen MR) is 76.3 cm³/mol. The largest absolute Gasteiger partial charge is 0.379 e. The number of nitrogens with two attached hydrogens (primary N) is 1. The van der Waals surface area contributed by atoms with Crippen molar-refractivity contribution < 1.29 is 4.79 Å². The average molecular weight is 260 g/mol. The molecule has 1 aromatic heterocycles. The van der Waals surface area contributed by atoms with Crippen LogP contribution in [0.5, 0.6) is 0 Å². The Bertz CT molecular complexity index is 548. The Morgan fingerprint density at radius 1 is 1.33 bits per heavy atom.